The highest BCUT2D eigenvalue weighted by Gasteiger charge is 2.46. The molecule has 1 saturated heterocycles. The highest BCUT2D eigenvalue weighted by molar-refractivity contribution is 5.92. The summed E-state index contributed by atoms with van der Waals surface area (Å²) in [5, 5.41) is 2.58. The number of nitrogens with zero attached hydrogens (tertiary/aromatic N) is 4. The number of benzene rings is 1. The van der Waals surface area contributed by atoms with Crippen molar-refractivity contribution in [2.75, 3.05) is 31.1 Å². The number of fused-ring (bicyclic) bond motifs is 1. The monoisotopic (exact) mass is 486 g/mol. The Labute approximate surface area is 199 Å². The van der Waals surface area contributed by atoms with Crippen LogP contribution in [-0.4, -0.2) is 63.9 Å². The van der Waals surface area contributed by atoms with Crippen LogP contribution in [0.1, 0.15) is 34.6 Å². The molecule has 0 bridgehead atoms. The van der Waals surface area contributed by atoms with Crippen LogP contribution in [0.5, 0.6) is 0 Å². The molecule has 3 heterocycles. The Morgan fingerprint density at radius 1 is 1.17 bits per heavy atom. The number of anilines is 1. The molecular formula is C24H25F3N6O2. The normalized spacial score (nSPS) is 18.5. The van der Waals surface area contributed by atoms with Gasteiger partial charge in [0.15, 0.2) is 5.82 Å². The van der Waals surface area contributed by atoms with Crippen LogP contribution in [0.2, 0.25) is 0 Å². The molecule has 1 aliphatic heterocycles. The first kappa shape index (κ1) is 23.3. The van der Waals surface area contributed by atoms with Gasteiger partial charge in [-0.05, 0) is 25.1 Å². The van der Waals surface area contributed by atoms with Gasteiger partial charge in [-0.1, -0.05) is 6.07 Å². The van der Waals surface area contributed by atoms with Gasteiger partial charge < -0.3 is 15.2 Å². The number of amides is 1. The van der Waals surface area contributed by atoms with Gasteiger partial charge in [-0.3, -0.25) is 14.5 Å². The second kappa shape index (κ2) is 8.95. The van der Waals surface area contributed by atoms with E-state index >= 15 is 0 Å². The highest BCUT2D eigenvalue weighted by Crippen LogP contribution is 2.37. The van der Waals surface area contributed by atoms with E-state index in [1.54, 1.807) is 37.4 Å². The molecule has 1 aromatic carbocycles. The van der Waals surface area contributed by atoms with Crippen LogP contribution in [0, 0.1) is 12.7 Å². The van der Waals surface area contributed by atoms with Gasteiger partial charge in [-0.15, -0.1) is 0 Å². The van der Waals surface area contributed by atoms with Crippen LogP contribution in [0.3, 0.4) is 0 Å². The van der Waals surface area contributed by atoms with Gasteiger partial charge in [0.05, 0.1) is 17.4 Å². The number of hydrogen-bond acceptors (Lipinski definition) is 6. The van der Waals surface area contributed by atoms with Crippen molar-refractivity contribution in [3.63, 3.8) is 0 Å². The van der Waals surface area contributed by atoms with Crippen molar-refractivity contribution in [1.29, 1.82) is 0 Å². The minimum atomic E-state index is -2.69. The predicted molar refractivity (Wildman–Crippen MR) is 124 cm³/mol. The Balaban J connectivity index is 1.17. The fourth-order valence-corrected chi connectivity index (χ4v) is 4.51. The number of alkyl halides is 2. The second-order valence-corrected chi connectivity index (χ2v) is 9.18. The summed E-state index contributed by atoms with van der Waals surface area (Å²) in [5.74, 6) is -3.60. The summed E-state index contributed by atoms with van der Waals surface area (Å²) in [7, 11) is 0. The number of hydrogen-bond donors (Lipinski definition) is 2. The largest absolute Gasteiger partial charge is 0.368 e. The van der Waals surface area contributed by atoms with Gasteiger partial charge >= 0.3 is 0 Å². The third kappa shape index (κ3) is 4.86. The van der Waals surface area contributed by atoms with E-state index in [1.165, 1.54) is 0 Å². The van der Waals surface area contributed by atoms with E-state index in [4.69, 9.17) is 0 Å². The first-order valence-corrected chi connectivity index (χ1v) is 11.5. The third-order valence-corrected chi connectivity index (χ3v) is 6.59. The molecule has 0 unspecified atom stereocenters. The molecule has 35 heavy (non-hydrogen) atoms. The molecule has 2 N–H and O–H groups in total. The van der Waals surface area contributed by atoms with Gasteiger partial charge in [0.1, 0.15) is 16.9 Å². The van der Waals surface area contributed by atoms with Gasteiger partial charge in [0.25, 0.3) is 17.4 Å². The summed E-state index contributed by atoms with van der Waals surface area (Å²) in [6, 6.07) is 6.29. The molecule has 184 valence electrons. The third-order valence-electron chi connectivity index (χ3n) is 6.59. The molecule has 5 rings (SSSR count). The number of H-pyrrole nitrogens is 1. The average Bonchev–Trinajstić information content (AvgIpc) is 2.82. The van der Waals surface area contributed by atoms with E-state index in [2.05, 4.69) is 30.1 Å². The number of carbonyl (C=O) groups excluding carboxylic acids is 1. The summed E-state index contributed by atoms with van der Waals surface area (Å²) in [6.45, 7) is 4.76. The molecule has 1 amide bonds. The number of piperazine rings is 1. The van der Waals surface area contributed by atoms with E-state index < -0.39 is 29.2 Å². The van der Waals surface area contributed by atoms with Crippen LogP contribution >= 0.6 is 0 Å². The lowest BCUT2D eigenvalue weighted by atomic mass is 9.88. The molecule has 0 radical (unpaired) electrons. The standard InChI is InChI=1S/C24H25F3N6O2/c1-14-22(34)31-21-18(29-14)4-2-15(20(21)25)13-32-6-8-33(9-7-32)17-3-5-19(28-12-17)23(35)30-16-10-24(26,27)11-16/h2-5,12,16H,6-11,13H2,1H3,(H,30,35)(H,31,34). The molecule has 1 saturated carbocycles. The number of nitrogens with one attached hydrogen (secondary N) is 2. The highest BCUT2D eigenvalue weighted by atomic mass is 19.3. The maximum Gasteiger partial charge on any atom is 0.270 e. The van der Waals surface area contributed by atoms with Crippen molar-refractivity contribution in [3.05, 3.63) is 63.6 Å². The Morgan fingerprint density at radius 2 is 1.91 bits per heavy atom. The molecular weight excluding hydrogens is 461 g/mol. The Hall–Kier alpha value is -3.47. The molecule has 2 aliphatic rings. The first-order valence-electron chi connectivity index (χ1n) is 11.5. The molecule has 1 aliphatic carbocycles. The number of halogens is 3. The summed E-state index contributed by atoms with van der Waals surface area (Å²) in [5.41, 5.74) is 1.98. The van der Waals surface area contributed by atoms with Crippen LogP contribution < -0.4 is 15.8 Å². The van der Waals surface area contributed by atoms with Crippen molar-refractivity contribution >= 4 is 22.6 Å². The summed E-state index contributed by atoms with van der Waals surface area (Å²) in [4.78, 5) is 39.2. The van der Waals surface area contributed by atoms with E-state index in [1.807, 2.05) is 0 Å². The summed E-state index contributed by atoms with van der Waals surface area (Å²) in [6.07, 6.45) is 0.936. The lowest BCUT2D eigenvalue weighted by molar-refractivity contribution is -0.0901. The molecule has 3 aromatic rings. The van der Waals surface area contributed by atoms with Crippen molar-refractivity contribution < 1.29 is 18.0 Å². The summed E-state index contributed by atoms with van der Waals surface area (Å²) >= 11 is 0. The number of aromatic nitrogens is 3. The molecule has 11 heteroatoms. The quantitative estimate of drug-likeness (QED) is 0.576. The lowest BCUT2D eigenvalue weighted by Crippen LogP contribution is -2.50. The topological polar surface area (TPSA) is 94.2 Å². The Bertz CT molecular complexity index is 1310. The smallest absolute Gasteiger partial charge is 0.270 e. The van der Waals surface area contributed by atoms with Gasteiger partial charge in [-0.25, -0.2) is 23.1 Å². The zero-order chi connectivity index (χ0) is 24.7. The number of aryl methyl sites for hydroxylation is 1. The van der Waals surface area contributed by atoms with Crippen LogP contribution in [0.25, 0.3) is 11.0 Å². The van der Waals surface area contributed by atoms with Crippen LogP contribution in [-0.2, 0) is 6.54 Å². The van der Waals surface area contributed by atoms with Crippen molar-refractivity contribution in [3.8, 4) is 0 Å². The maximum atomic E-state index is 15.0. The van der Waals surface area contributed by atoms with Crippen molar-refractivity contribution in [1.82, 2.24) is 25.2 Å². The van der Waals surface area contributed by atoms with E-state index in [0.717, 1.165) is 5.69 Å². The minimum Gasteiger partial charge on any atom is -0.368 e. The fourth-order valence-electron chi connectivity index (χ4n) is 4.51. The van der Waals surface area contributed by atoms with Crippen LogP contribution in [0.4, 0.5) is 18.9 Å². The van der Waals surface area contributed by atoms with Gasteiger partial charge in [-0.2, -0.15) is 0 Å². The first-order chi connectivity index (χ1) is 16.7. The number of pyridine rings is 1. The molecule has 0 spiro atoms. The number of carbonyl (C=O) groups is 1. The summed E-state index contributed by atoms with van der Waals surface area (Å²) < 4.78 is 40.9. The van der Waals surface area contributed by atoms with Gasteiger partial charge in [0.2, 0.25) is 0 Å². The van der Waals surface area contributed by atoms with Crippen molar-refractivity contribution in [2.45, 2.75) is 38.3 Å². The lowest BCUT2D eigenvalue weighted by Gasteiger charge is -2.36. The van der Waals surface area contributed by atoms with E-state index in [0.29, 0.717) is 49.5 Å². The Kier molecular flexibility index (Phi) is 5.96. The Morgan fingerprint density at radius 3 is 2.57 bits per heavy atom. The minimum absolute atomic E-state index is 0.123. The molecule has 0 atom stereocenters. The zero-order valence-electron chi connectivity index (χ0n) is 19.2. The molecule has 2 aromatic heterocycles. The van der Waals surface area contributed by atoms with Crippen molar-refractivity contribution in [2.24, 2.45) is 0 Å². The van der Waals surface area contributed by atoms with Crippen LogP contribution in [0.15, 0.2) is 35.3 Å². The number of rotatable bonds is 5. The fraction of sp³-hybridized carbons (Fsp3) is 0.417. The second-order valence-electron chi connectivity index (χ2n) is 9.18. The number of aromatic amines is 1. The molecule has 8 nitrogen and oxygen atoms in total. The predicted octanol–water partition coefficient (Wildman–Crippen LogP) is 2.62. The SMILES string of the molecule is Cc1nc2ccc(CN3CCN(c4ccc(C(=O)NC5CC(F)(F)C5)nc4)CC3)c(F)c2[nH]c1=O. The average molecular weight is 486 g/mol. The van der Waals surface area contributed by atoms with Gasteiger partial charge in [0, 0.05) is 57.2 Å². The zero-order valence-corrected chi connectivity index (χ0v) is 19.2. The maximum absolute atomic E-state index is 15.0. The molecule has 2 fully saturated rings. The van der Waals surface area contributed by atoms with E-state index in [-0.39, 0.29) is 24.1 Å². The van der Waals surface area contributed by atoms with E-state index in [9.17, 15) is 22.8 Å².